The first-order chi connectivity index (χ1) is 16.4. The van der Waals surface area contributed by atoms with Gasteiger partial charge in [-0.05, 0) is 5.56 Å². The molecule has 1 fully saturated rings. The van der Waals surface area contributed by atoms with Crippen LogP contribution in [0, 0.1) is 0 Å². The van der Waals surface area contributed by atoms with Gasteiger partial charge in [0.1, 0.15) is 12.4 Å². The molecule has 0 saturated carbocycles. The molecular weight excluding hydrogens is 443 g/mol. The standard InChI is InChI=1S/C25H26F3N5O/c26-25(27,28)22-15-20(19-9-5-2-6-10-19)29-23-16-21(30-33(22)23)24(34)32-13-11-31(12-14-32)17-18-7-3-1-4-8-18/h1-10,16,20,22,29H,11-15,17H2/p+1/t20-,22-/m0/s1. The molecule has 1 saturated heterocycles. The SMILES string of the molecule is O=C(c1cc2n(n1)[C@H](C(F)(F)F)C[C@@H](c1ccccc1)N2)N1CC[NH+](Cc2ccccc2)CC1. The van der Waals surface area contributed by atoms with Gasteiger partial charge in [0.05, 0.1) is 32.2 Å². The van der Waals surface area contributed by atoms with Gasteiger partial charge in [-0.15, -0.1) is 0 Å². The molecule has 0 bridgehead atoms. The number of nitrogens with zero attached hydrogens (tertiary/aromatic N) is 3. The number of anilines is 1. The van der Waals surface area contributed by atoms with Gasteiger partial charge in [-0.1, -0.05) is 60.7 Å². The third kappa shape index (κ3) is 4.65. The van der Waals surface area contributed by atoms with E-state index in [1.165, 1.54) is 16.5 Å². The molecular formula is C25H27F3N5O+. The van der Waals surface area contributed by atoms with Crippen molar-refractivity contribution in [1.29, 1.82) is 0 Å². The Kier molecular flexibility index (Phi) is 6.03. The predicted octanol–water partition coefficient (Wildman–Crippen LogP) is 3.08. The van der Waals surface area contributed by atoms with Gasteiger partial charge in [0, 0.05) is 18.1 Å². The van der Waals surface area contributed by atoms with Crippen LogP contribution in [0.25, 0.3) is 0 Å². The zero-order valence-corrected chi connectivity index (χ0v) is 18.6. The van der Waals surface area contributed by atoms with E-state index in [-0.39, 0.29) is 23.8 Å². The number of carbonyl (C=O) groups is 1. The van der Waals surface area contributed by atoms with E-state index in [2.05, 4.69) is 22.5 Å². The fourth-order valence-electron chi connectivity index (χ4n) is 4.83. The summed E-state index contributed by atoms with van der Waals surface area (Å²) in [7, 11) is 0. The summed E-state index contributed by atoms with van der Waals surface area (Å²) < 4.78 is 42.7. The molecule has 0 unspecified atom stereocenters. The van der Waals surface area contributed by atoms with E-state index < -0.39 is 18.3 Å². The van der Waals surface area contributed by atoms with Gasteiger partial charge in [-0.2, -0.15) is 18.3 Å². The Morgan fingerprint density at radius 3 is 2.32 bits per heavy atom. The number of quaternary nitrogens is 1. The Hall–Kier alpha value is -3.33. The van der Waals surface area contributed by atoms with Gasteiger partial charge in [0.15, 0.2) is 11.7 Å². The third-order valence-electron chi connectivity index (χ3n) is 6.67. The molecule has 0 radical (unpaired) electrons. The minimum absolute atomic E-state index is 0.0528. The number of amides is 1. The van der Waals surface area contributed by atoms with Crippen LogP contribution in [0.4, 0.5) is 19.0 Å². The van der Waals surface area contributed by atoms with Crippen LogP contribution in [0.2, 0.25) is 0 Å². The molecule has 2 aromatic carbocycles. The Bertz CT molecular complexity index is 1120. The summed E-state index contributed by atoms with van der Waals surface area (Å²) in [6.45, 7) is 3.55. The van der Waals surface area contributed by atoms with Crippen molar-refractivity contribution in [3.63, 3.8) is 0 Å². The van der Waals surface area contributed by atoms with Crippen molar-refractivity contribution in [3.8, 4) is 0 Å². The van der Waals surface area contributed by atoms with Crippen LogP contribution in [-0.4, -0.2) is 52.9 Å². The number of aromatic nitrogens is 2. The summed E-state index contributed by atoms with van der Waals surface area (Å²) in [5.41, 5.74) is 2.07. The van der Waals surface area contributed by atoms with Crippen LogP contribution in [0.1, 0.15) is 40.1 Å². The molecule has 34 heavy (non-hydrogen) atoms. The number of carbonyl (C=O) groups excluding carboxylic acids is 1. The fourth-order valence-corrected chi connectivity index (χ4v) is 4.83. The largest absolute Gasteiger partial charge is 0.410 e. The number of piperazine rings is 1. The molecule has 3 heterocycles. The molecule has 3 aromatic rings. The maximum atomic E-state index is 13.9. The van der Waals surface area contributed by atoms with E-state index in [9.17, 15) is 18.0 Å². The zero-order valence-electron chi connectivity index (χ0n) is 18.6. The van der Waals surface area contributed by atoms with Crippen LogP contribution in [-0.2, 0) is 6.54 Å². The number of rotatable bonds is 4. The molecule has 2 atom stereocenters. The number of nitrogens with one attached hydrogen (secondary N) is 2. The zero-order chi connectivity index (χ0) is 23.7. The van der Waals surface area contributed by atoms with Crippen molar-refractivity contribution in [3.05, 3.63) is 83.6 Å². The topological polar surface area (TPSA) is 54.6 Å². The van der Waals surface area contributed by atoms with Gasteiger partial charge in [0.25, 0.3) is 5.91 Å². The first kappa shape index (κ1) is 22.5. The van der Waals surface area contributed by atoms with Crippen LogP contribution >= 0.6 is 0 Å². The molecule has 1 amide bonds. The van der Waals surface area contributed by atoms with E-state index in [4.69, 9.17) is 0 Å². The summed E-state index contributed by atoms with van der Waals surface area (Å²) in [6, 6.07) is 18.4. The second-order valence-corrected chi connectivity index (χ2v) is 8.96. The maximum Gasteiger partial charge on any atom is 0.410 e. The van der Waals surface area contributed by atoms with Gasteiger partial charge < -0.3 is 15.1 Å². The molecule has 9 heteroatoms. The van der Waals surface area contributed by atoms with Crippen LogP contribution in [0.5, 0.6) is 0 Å². The second kappa shape index (κ2) is 9.13. The third-order valence-corrected chi connectivity index (χ3v) is 6.67. The van der Waals surface area contributed by atoms with Gasteiger partial charge in [0.2, 0.25) is 0 Å². The Morgan fingerprint density at radius 2 is 1.68 bits per heavy atom. The first-order valence-corrected chi connectivity index (χ1v) is 11.5. The molecule has 0 aliphatic carbocycles. The summed E-state index contributed by atoms with van der Waals surface area (Å²) in [4.78, 5) is 16.2. The smallest absolute Gasteiger partial charge is 0.363 e. The van der Waals surface area contributed by atoms with E-state index in [0.717, 1.165) is 29.9 Å². The van der Waals surface area contributed by atoms with Crippen LogP contribution in [0.3, 0.4) is 0 Å². The van der Waals surface area contributed by atoms with Crippen molar-refractivity contribution in [2.24, 2.45) is 0 Å². The van der Waals surface area contributed by atoms with Gasteiger partial charge in [-0.3, -0.25) is 4.79 Å². The van der Waals surface area contributed by atoms with E-state index in [1.54, 1.807) is 29.2 Å². The van der Waals surface area contributed by atoms with Crippen molar-refractivity contribution in [1.82, 2.24) is 14.7 Å². The normalized spacial score (nSPS) is 21.1. The molecule has 5 rings (SSSR count). The van der Waals surface area contributed by atoms with Crippen molar-refractivity contribution >= 4 is 11.7 Å². The predicted molar refractivity (Wildman–Crippen MR) is 121 cm³/mol. The average molecular weight is 471 g/mol. The molecule has 2 N–H and O–H groups in total. The van der Waals surface area contributed by atoms with Crippen LogP contribution < -0.4 is 10.2 Å². The minimum atomic E-state index is -4.47. The molecule has 2 aliphatic heterocycles. The highest BCUT2D eigenvalue weighted by molar-refractivity contribution is 5.93. The van der Waals surface area contributed by atoms with Gasteiger partial charge in [-0.25, -0.2) is 4.68 Å². The van der Waals surface area contributed by atoms with E-state index in [0.29, 0.717) is 13.1 Å². The monoisotopic (exact) mass is 470 g/mol. The second-order valence-electron chi connectivity index (χ2n) is 8.96. The Balaban J connectivity index is 1.30. The fraction of sp³-hybridized carbons (Fsp3) is 0.360. The quantitative estimate of drug-likeness (QED) is 0.616. The lowest BCUT2D eigenvalue weighted by Gasteiger charge is -2.33. The molecule has 6 nitrogen and oxygen atoms in total. The van der Waals surface area contributed by atoms with Crippen molar-refractivity contribution in [2.45, 2.75) is 31.2 Å². The number of benzene rings is 2. The van der Waals surface area contributed by atoms with E-state index >= 15 is 0 Å². The highest BCUT2D eigenvalue weighted by Crippen LogP contribution is 2.43. The number of hydrogen-bond acceptors (Lipinski definition) is 3. The minimum Gasteiger partial charge on any atom is -0.363 e. The van der Waals surface area contributed by atoms with Crippen molar-refractivity contribution < 1.29 is 22.9 Å². The number of halogens is 3. The lowest BCUT2D eigenvalue weighted by Crippen LogP contribution is -3.13. The lowest BCUT2D eigenvalue weighted by atomic mass is 9.97. The highest BCUT2D eigenvalue weighted by atomic mass is 19.4. The Labute approximate surface area is 196 Å². The first-order valence-electron chi connectivity index (χ1n) is 11.5. The molecule has 0 spiro atoms. The number of fused-ring (bicyclic) bond motifs is 1. The summed E-state index contributed by atoms with van der Waals surface area (Å²) in [5.74, 6) is -0.0984. The highest BCUT2D eigenvalue weighted by Gasteiger charge is 2.47. The average Bonchev–Trinajstić information content (AvgIpc) is 3.28. The molecule has 2 aliphatic rings. The summed E-state index contributed by atoms with van der Waals surface area (Å²) in [6.07, 6.45) is -4.65. The maximum absolute atomic E-state index is 13.9. The Morgan fingerprint density at radius 1 is 1.03 bits per heavy atom. The van der Waals surface area contributed by atoms with E-state index in [1.807, 2.05) is 24.3 Å². The van der Waals surface area contributed by atoms with Gasteiger partial charge >= 0.3 is 6.18 Å². The molecule has 178 valence electrons. The lowest BCUT2D eigenvalue weighted by molar-refractivity contribution is -0.917. The number of hydrogen-bond donors (Lipinski definition) is 2. The summed E-state index contributed by atoms with van der Waals surface area (Å²) >= 11 is 0. The van der Waals surface area contributed by atoms with Crippen LogP contribution in [0.15, 0.2) is 66.7 Å². The summed E-state index contributed by atoms with van der Waals surface area (Å²) in [5, 5.41) is 7.28. The molecule has 1 aromatic heterocycles. The number of alkyl halides is 3. The van der Waals surface area contributed by atoms with Crippen molar-refractivity contribution in [2.75, 3.05) is 31.5 Å².